The highest BCUT2D eigenvalue weighted by atomic mass is 16.5. The number of hydrogen-bond donors (Lipinski definition) is 0. The summed E-state index contributed by atoms with van der Waals surface area (Å²) < 4.78 is 11.2. The van der Waals surface area contributed by atoms with E-state index in [-0.39, 0.29) is 35.1 Å². The number of furan rings is 1. The van der Waals surface area contributed by atoms with Gasteiger partial charge in [0, 0.05) is 17.6 Å². The van der Waals surface area contributed by atoms with Gasteiger partial charge >= 0.3 is 5.97 Å². The fourth-order valence-electron chi connectivity index (χ4n) is 4.38. The lowest BCUT2D eigenvalue weighted by Crippen LogP contribution is -2.52. The molecular weight excluding hydrogens is 304 g/mol. The number of aryl methyl sites for hydroxylation is 1. The van der Waals surface area contributed by atoms with E-state index in [0.29, 0.717) is 5.76 Å². The molecule has 1 aromatic rings. The summed E-state index contributed by atoms with van der Waals surface area (Å²) in [7, 11) is 0. The Morgan fingerprint density at radius 3 is 2.75 bits per heavy atom. The first-order valence-corrected chi connectivity index (χ1v) is 8.70. The van der Waals surface area contributed by atoms with Crippen LogP contribution in [0, 0.1) is 24.2 Å². The van der Waals surface area contributed by atoms with Gasteiger partial charge in [0.15, 0.2) is 5.76 Å². The molecule has 4 heteroatoms. The molecule has 1 aromatic heterocycles. The minimum absolute atomic E-state index is 0.0519. The van der Waals surface area contributed by atoms with Gasteiger partial charge in [-0.05, 0) is 56.9 Å². The van der Waals surface area contributed by atoms with Crippen molar-refractivity contribution in [3.63, 3.8) is 0 Å². The van der Waals surface area contributed by atoms with E-state index in [1.54, 1.807) is 6.26 Å². The van der Waals surface area contributed by atoms with Crippen LogP contribution in [0.25, 0.3) is 0 Å². The SMILES string of the molecule is CC(C)=CC(=O)OC1CCC2C(=O)c3occ(C)c3CC2(C)C1C. The maximum Gasteiger partial charge on any atom is 0.330 e. The lowest BCUT2D eigenvalue weighted by atomic mass is 9.54. The van der Waals surface area contributed by atoms with Crippen molar-refractivity contribution in [2.24, 2.45) is 17.3 Å². The summed E-state index contributed by atoms with van der Waals surface area (Å²) in [5, 5.41) is 0. The molecule has 0 spiro atoms. The van der Waals surface area contributed by atoms with Crippen LogP contribution in [0.15, 0.2) is 22.3 Å². The summed E-state index contributed by atoms with van der Waals surface area (Å²) in [6.07, 6.45) is 5.34. The largest absolute Gasteiger partial charge is 0.461 e. The van der Waals surface area contributed by atoms with Gasteiger partial charge in [0.2, 0.25) is 5.78 Å². The van der Waals surface area contributed by atoms with E-state index >= 15 is 0 Å². The Bertz CT molecular complexity index is 707. The average molecular weight is 330 g/mol. The number of esters is 1. The van der Waals surface area contributed by atoms with Crippen molar-refractivity contribution in [2.75, 3.05) is 0 Å². The zero-order valence-electron chi connectivity index (χ0n) is 15.1. The summed E-state index contributed by atoms with van der Waals surface area (Å²) in [5.41, 5.74) is 2.79. The number of ketones is 1. The molecule has 2 aliphatic rings. The maximum atomic E-state index is 12.9. The predicted octanol–water partition coefficient (Wildman–Crippen LogP) is 4.26. The Balaban J connectivity index is 1.87. The fourth-order valence-corrected chi connectivity index (χ4v) is 4.38. The van der Waals surface area contributed by atoms with Crippen LogP contribution in [-0.2, 0) is 16.0 Å². The second-order valence-electron chi connectivity index (χ2n) is 7.89. The molecule has 3 rings (SSSR count). The van der Waals surface area contributed by atoms with Gasteiger partial charge in [-0.2, -0.15) is 0 Å². The molecule has 1 saturated carbocycles. The first kappa shape index (κ1) is 17.0. The molecular formula is C20H26O4. The Hall–Kier alpha value is -1.84. The zero-order valence-corrected chi connectivity index (χ0v) is 15.1. The molecule has 0 radical (unpaired) electrons. The lowest BCUT2D eigenvalue weighted by Gasteiger charge is -2.50. The second-order valence-corrected chi connectivity index (χ2v) is 7.89. The monoisotopic (exact) mass is 330 g/mol. The van der Waals surface area contributed by atoms with Crippen LogP contribution in [0.5, 0.6) is 0 Å². The summed E-state index contributed by atoms with van der Waals surface area (Å²) in [5.74, 6) is 0.451. The van der Waals surface area contributed by atoms with Crippen LogP contribution in [0.4, 0.5) is 0 Å². The molecule has 0 aromatic carbocycles. The Kier molecular flexibility index (Phi) is 4.18. The molecule has 0 bridgehead atoms. The first-order valence-electron chi connectivity index (χ1n) is 8.70. The van der Waals surface area contributed by atoms with Crippen LogP contribution < -0.4 is 0 Å². The minimum Gasteiger partial charge on any atom is -0.461 e. The third-order valence-electron chi connectivity index (χ3n) is 6.01. The van der Waals surface area contributed by atoms with Gasteiger partial charge in [0.05, 0.1) is 6.26 Å². The van der Waals surface area contributed by atoms with Gasteiger partial charge in [-0.25, -0.2) is 4.79 Å². The van der Waals surface area contributed by atoms with E-state index in [4.69, 9.17) is 9.15 Å². The summed E-state index contributed by atoms with van der Waals surface area (Å²) in [6, 6.07) is 0. The smallest absolute Gasteiger partial charge is 0.330 e. The van der Waals surface area contributed by atoms with E-state index in [9.17, 15) is 9.59 Å². The van der Waals surface area contributed by atoms with E-state index in [1.807, 2.05) is 20.8 Å². The summed E-state index contributed by atoms with van der Waals surface area (Å²) >= 11 is 0. The molecule has 4 atom stereocenters. The number of ether oxygens (including phenoxy) is 1. The number of allylic oxidation sites excluding steroid dienone is 1. The highest BCUT2D eigenvalue weighted by Gasteiger charge is 2.54. The molecule has 2 aliphatic carbocycles. The van der Waals surface area contributed by atoms with Crippen molar-refractivity contribution >= 4 is 11.8 Å². The standard InChI is InChI=1S/C20H26O4/c1-11(2)8-17(21)24-16-7-6-15-18(22)19-14(12(3)10-23-19)9-20(15,5)13(16)4/h8,10,13,15-16H,6-7,9H2,1-5H3. The Morgan fingerprint density at radius 1 is 1.38 bits per heavy atom. The van der Waals surface area contributed by atoms with Gasteiger partial charge in [0.25, 0.3) is 0 Å². The maximum absolute atomic E-state index is 12.9. The van der Waals surface area contributed by atoms with Crippen LogP contribution in [0.2, 0.25) is 0 Å². The second kappa shape index (κ2) is 5.91. The van der Waals surface area contributed by atoms with Gasteiger partial charge in [-0.15, -0.1) is 0 Å². The molecule has 1 heterocycles. The molecule has 0 aliphatic heterocycles. The molecule has 0 saturated heterocycles. The Morgan fingerprint density at radius 2 is 2.08 bits per heavy atom. The van der Waals surface area contributed by atoms with Crippen molar-refractivity contribution < 1.29 is 18.7 Å². The number of hydrogen-bond acceptors (Lipinski definition) is 4. The molecule has 130 valence electrons. The molecule has 4 unspecified atom stereocenters. The first-order chi connectivity index (χ1) is 11.2. The molecule has 24 heavy (non-hydrogen) atoms. The molecule has 4 nitrogen and oxygen atoms in total. The fraction of sp³-hybridized carbons (Fsp3) is 0.600. The van der Waals surface area contributed by atoms with Crippen molar-refractivity contribution in [2.45, 2.75) is 60.0 Å². The molecule has 0 amide bonds. The Labute approximate surface area is 143 Å². The van der Waals surface area contributed by atoms with Gasteiger partial charge < -0.3 is 9.15 Å². The normalized spacial score (nSPS) is 31.9. The number of Topliss-reactive ketones (excluding diaryl/α,β-unsaturated/α-hetero) is 1. The average Bonchev–Trinajstić information content (AvgIpc) is 2.84. The van der Waals surface area contributed by atoms with Crippen LogP contribution in [0.1, 0.15) is 62.2 Å². The quantitative estimate of drug-likeness (QED) is 0.600. The molecule has 1 fully saturated rings. The van der Waals surface area contributed by atoms with Crippen molar-refractivity contribution in [1.82, 2.24) is 0 Å². The topological polar surface area (TPSA) is 56.5 Å². The number of rotatable bonds is 2. The van der Waals surface area contributed by atoms with E-state index in [2.05, 4.69) is 13.8 Å². The van der Waals surface area contributed by atoms with Crippen LogP contribution >= 0.6 is 0 Å². The number of carbonyl (C=O) groups is 2. The van der Waals surface area contributed by atoms with E-state index in [0.717, 1.165) is 36.0 Å². The number of carbonyl (C=O) groups excluding carboxylic acids is 2. The van der Waals surface area contributed by atoms with E-state index in [1.165, 1.54) is 6.08 Å². The lowest BCUT2D eigenvalue weighted by molar-refractivity contribution is -0.153. The minimum atomic E-state index is -0.281. The summed E-state index contributed by atoms with van der Waals surface area (Å²) in [4.78, 5) is 24.9. The zero-order chi connectivity index (χ0) is 17.6. The van der Waals surface area contributed by atoms with Gasteiger partial charge in [-0.3, -0.25) is 4.79 Å². The predicted molar refractivity (Wildman–Crippen MR) is 90.8 cm³/mol. The molecule has 0 N–H and O–H groups in total. The third-order valence-corrected chi connectivity index (χ3v) is 6.01. The highest BCUT2D eigenvalue weighted by Crippen LogP contribution is 2.53. The van der Waals surface area contributed by atoms with Gasteiger partial charge in [-0.1, -0.05) is 19.4 Å². The number of fused-ring (bicyclic) bond motifs is 2. The van der Waals surface area contributed by atoms with E-state index < -0.39 is 0 Å². The van der Waals surface area contributed by atoms with Crippen LogP contribution in [-0.4, -0.2) is 17.9 Å². The van der Waals surface area contributed by atoms with Crippen molar-refractivity contribution in [3.8, 4) is 0 Å². The van der Waals surface area contributed by atoms with Crippen molar-refractivity contribution in [1.29, 1.82) is 0 Å². The highest BCUT2D eigenvalue weighted by molar-refractivity contribution is 5.99. The van der Waals surface area contributed by atoms with Gasteiger partial charge in [0.1, 0.15) is 6.10 Å². The van der Waals surface area contributed by atoms with Crippen LogP contribution in [0.3, 0.4) is 0 Å². The third kappa shape index (κ3) is 2.62. The summed E-state index contributed by atoms with van der Waals surface area (Å²) in [6.45, 7) is 10.0. The van der Waals surface area contributed by atoms with Crippen molar-refractivity contribution in [3.05, 3.63) is 34.8 Å².